The largest absolute Gasteiger partial charge is 0.337 e. The summed E-state index contributed by atoms with van der Waals surface area (Å²) in [6.45, 7) is 1.20. The number of nitrogens with zero attached hydrogens (tertiary/aromatic N) is 5. The van der Waals surface area contributed by atoms with Crippen LogP contribution in [0.25, 0.3) is 0 Å². The molecule has 9 heteroatoms. The zero-order valence-electron chi connectivity index (χ0n) is 14.5. The van der Waals surface area contributed by atoms with Crippen LogP contribution in [0.5, 0.6) is 0 Å². The summed E-state index contributed by atoms with van der Waals surface area (Å²) < 4.78 is 26.2. The Morgan fingerprint density at radius 2 is 2.12 bits per heavy atom. The van der Waals surface area contributed by atoms with Gasteiger partial charge in [-0.15, -0.1) is 0 Å². The molecule has 1 aliphatic heterocycles. The molecule has 138 valence electrons. The molecule has 0 radical (unpaired) electrons. The molecule has 1 saturated heterocycles. The summed E-state index contributed by atoms with van der Waals surface area (Å²) in [5, 5.41) is 7.42. The molecule has 0 aliphatic carbocycles. The van der Waals surface area contributed by atoms with Crippen molar-refractivity contribution in [3.05, 3.63) is 54.1 Å². The Bertz CT molecular complexity index is 845. The molecule has 1 atom stereocenters. The Kier molecular flexibility index (Phi) is 5.58. The van der Waals surface area contributed by atoms with E-state index in [1.165, 1.54) is 23.0 Å². The molecule has 0 bridgehead atoms. The quantitative estimate of drug-likeness (QED) is 0.772. The summed E-state index contributed by atoms with van der Waals surface area (Å²) in [7, 11) is -3.43. The highest BCUT2D eigenvalue weighted by Gasteiger charge is 2.33. The molecule has 3 heterocycles. The lowest BCUT2D eigenvalue weighted by Crippen LogP contribution is -2.51. The van der Waals surface area contributed by atoms with E-state index >= 15 is 0 Å². The van der Waals surface area contributed by atoms with Crippen LogP contribution in [-0.4, -0.2) is 64.1 Å². The first-order valence-corrected chi connectivity index (χ1v) is 10.2. The van der Waals surface area contributed by atoms with Gasteiger partial charge < -0.3 is 4.90 Å². The average Bonchev–Trinajstić information content (AvgIpc) is 2.66. The van der Waals surface area contributed by atoms with Crippen LogP contribution in [0, 0.1) is 0 Å². The van der Waals surface area contributed by atoms with Gasteiger partial charge in [-0.2, -0.15) is 14.5 Å². The minimum Gasteiger partial charge on any atom is -0.337 e. The maximum Gasteiger partial charge on any atom is 0.255 e. The minimum atomic E-state index is -3.43. The number of likely N-dealkylation sites (tertiary alicyclic amines) is 1. The maximum absolute atomic E-state index is 12.7. The molecule has 2 aromatic rings. The van der Waals surface area contributed by atoms with Gasteiger partial charge >= 0.3 is 0 Å². The van der Waals surface area contributed by atoms with Gasteiger partial charge in [-0.3, -0.25) is 9.78 Å². The monoisotopic (exact) mass is 375 g/mol. The van der Waals surface area contributed by atoms with E-state index in [1.54, 1.807) is 29.4 Å². The Morgan fingerprint density at radius 1 is 1.27 bits per heavy atom. The molecule has 8 nitrogen and oxygen atoms in total. The highest BCUT2D eigenvalue weighted by atomic mass is 32.2. The third kappa shape index (κ3) is 4.41. The molecule has 2 aromatic heterocycles. The second-order valence-electron chi connectivity index (χ2n) is 6.35. The molecular weight excluding hydrogens is 354 g/mol. The topological polar surface area (TPSA) is 96.4 Å². The van der Waals surface area contributed by atoms with Crippen LogP contribution in [0.2, 0.25) is 0 Å². The third-order valence-electron chi connectivity index (χ3n) is 4.41. The van der Waals surface area contributed by atoms with Crippen LogP contribution in [0.15, 0.2) is 43.0 Å². The van der Waals surface area contributed by atoms with Crippen LogP contribution in [0.3, 0.4) is 0 Å². The van der Waals surface area contributed by atoms with E-state index in [4.69, 9.17) is 0 Å². The first-order chi connectivity index (χ1) is 12.4. The van der Waals surface area contributed by atoms with Gasteiger partial charge in [0.25, 0.3) is 5.91 Å². The smallest absolute Gasteiger partial charge is 0.255 e. The number of carbonyl (C=O) groups excluding carboxylic acids is 1. The van der Waals surface area contributed by atoms with Gasteiger partial charge in [0.05, 0.1) is 24.2 Å². The fourth-order valence-electron chi connectivity index (χ4n) is 3.16. The summed E-state index contributed by atoms with van der Waals surface area (Å²) in [6.07, 6.45) is 8.87. The van der Waals surface area contributed by atoms with Crippen LogP contribution >= 0.6 is 0 Å². The first-order valence-electron chi connectivity index (χ1n) is 8.37. The normalized spacial score (nSPS) is 18.1. The summed E-state index contributed by atoms with van der Waals surface area (Å²) in [5.41, 5.74) is 1.28. The van der Waals surface area contributed by atoms with Gasteiger partial charge in [0.15, 0.2) is 0 Å². The molecule has 0 N–H and O–H groups in total. The van der Waals surface area contributed by atoms with Gasteiger partial charge in [0.1, 0.15) is 0 Å². The molecule has 0 saturated carbocycles. The van der Waals surface area contributed by atoms with E-state index in [9.17, 15) is 13.2 Å². The summed E-state index contributed by atoms with van der Waals surface area (Å²) in [6, 6.07) is 4.98. The van der Waals surface area contributed by atoms with Crippen LogP contribution in [-0.2, 0) is 16.6 Å². The fourth-order valence-corrected chi connectivity index (χ4v) is 4.26. The van der Waals surface area contributed by atoms with Gasteiger partial charge in [-0.05, 0) is 30.5 Å². The molecule has 1 unspecified atom stereocenters. The Labute approximate surface area is 152 Å². The summed E-state index contributed by atoms with van der Waals surface area (Å²) in [5.74, 6) is -0.153. The highest BCUT2D eigenvalue weighted by Crippen LogP contribution is 2.22. The number of rotatable bonds is 5. The zero-order valence-corrected chi connectivity index (χ0v) is 15.3. The van der Waals surface area contributed by atoms with Crippen LogP contribution in [0.1, 0.15) is 28.8 Å². The number of amides is 1. The second kappa shape index (κ2) is 7.88. The van der Waals surface area contributed by atoms with Crippen LogP contribution < -0.4 is 0 Å². The third-order valence-corrected chi connectivity index (χ3v) is 5.69. The van der Waals surface area contributed by atoms with Crippen molar-refractivity contribution >= 4 is 15.9 Å². The lowest BCUT2D eigenvalue weighted by molar-refractivity contribution is 0.0650. The average molecular weight is 375 g/mol. The van der Waals surface area contributed by atoms with Gasteiger partial charge in [-0.1, -0.05) is 6.07 Å². The van der Waals surface area contributed by atoms with E-state index in [-0.39, 0.29) is 18.5 Å². The predicted octanol–water partition coefficient (Wildman–Crippen LogP) is 0.938. The van der Waals surface area contributed by atoms with E-state index in [0.717, 1.165) is 12.0 Å². The van der Waals surface area contributed by atoms with Crippen molar-refractivity contribution in [3.63, 3.8) is 0 Å². The molecule has 1 amide bonds. The number of pyridine rings is 1. The molecule has 26 heavy (non-hydrogen) atoms. The van der Waals surface area contributed by atoms with Crippen molar-refractivity contribution in [2.75, 3.05) is 19.3 Å². The van der Waals surface area contributed by atoms with Gasteiger partial charge in [0, 0.05) is 38.1 Å². The van der Waals surface area contributed by atoms with Crippen LogP contribution in [0.4, 0.5) is 0 Å². The number of aromatic nitrogens is 3. The molecule has 1 aliphatic rings. The molecule has 3 rings (SSSR count). The SMILES string of the molecule is CS(=O)(=O)N(Cc1cccnc1)C1CCCN(C(=O)c2ccnnc2)C1. The number of hydrogen-bond acceptors (Lipinski definition) is 6. The lowest BCUT2D eigenvalue weighted by Gasteiger charge is -2.38. The standard InChI is InChI=1S/C17H21N5O3S/c1-26(24,25)22(12-14-4-2-7-18-10-14)16-5-3-9-21(13-16)17(23)15-6-8-19-20-11-15/h2,4,6-8,10-11,16H,3,5,9,12-13H2,1H3. The van der Waals surface area contributed by atoms with Crippen molar-refractivity contribution in [2.24, 2.45) is 0 Å². The minimum absolute atomic E-state index is 0.153. The number of hydrogen-bond donors (Lipinski definition) is 0. The second-order valence-corrected chi connectivity index (χ2v) is 8.28. The van der Waals surface area contributed by atoms with Crippen molar-refractivity contribution in [1.82, 2.24) is 24.4 Å². The Morgan fingerprint density at radius 3 is 2.77 bits per heavy atom. The van der Waals surface area contributed by atoms with Crippen molar-refractivity contribution in [3.8, 4) is 0 Å². The van der Waals surface area contributed by atoms with E-state index in [1.807, 2.05) is 6.07 Å². The Hall–Kier alpha value is -2.39. The fraction of sp³-hybridized carbons (Fsp3) is 0.412. The molecule has 1 fully saturated rings. The number of sulfonamides is 1. The molecule has 0 aromatic carbocycles. The van der Waals surface area contributed by atoms with Gasteiger partial charge in [-0.25, -0.2) is 8.42 Å². The van der Waals surface area contributed by atoms with Crippen molar-refractivity contribution in [1.29, 1.82) is 0 Å². The van der Waals surface area contributed by atoms with Crippen molar-refractivity contribution in [2.45, 2.75) is 25.4 Å². The predicted molar refractivity (Wildman–Crippen MR) is 95.6 cm³/mol. The maximum atomic E-state index is 12.7. The zero-order chi connectivity index (χ0) is 18.6. The highest BCUT2D eigenvalue weighted by molar-refractivity contribution is 7.88. The van der Waals surface area contributed by atoms with E-state index in [2.05, 4.69) is 15.2 Å². The van der Waals surface area contributed by atoms with Crippen molar-refractivity contribution < 1.29 is 13.2 Å². The van der Waals surface area contributed by atoms with E-state index in [0.29, 0.717) is 25.1 Å². The molecular formula is C17H21N5O3S. The van der Waals surface area contributed by atoms with E-state index < -0.39 is 10.0 Å². The summed E-state index contributed by atoms with van der Waals surface area (Å²) >= 11 is 0. The number of piperidine rings is 1. The van der Waals surface area contributed by atoms with Gasteiger partial charge in [0.2, 0.25) is 10.0 Å². The molecule has 0 spiro atoms. The Balaban J connectivity index is 1.78. The first kappa shape index (κ1) is 18.4. The number of carbonyl (C=O) groups is 1. The summed E-state index contributed by atoms with van der Waals surface area (Å²) in [4.78, 5) is 18.4. The lowest BCUT2D eigenvalue weighted by atomic mass is 10.0.